The third kappa shape index (κ3) is 3.41. The third-order valence-corrected chi connectivity index (χ3v) is 3.31. The molecule has 0 bridgehead atoms. The van der Waals surface area contributed by atoms with Crippen molar-refractivity contribution in [3.63, 3.8) is 0 Å². The zero-order valence-electron chi connectivity index (χ0n) is 12.4. The van der Waals surface area contributed by atoms with E-state index >= 15 is 0 Å². The van der Waals surface area contributed by atoms with E-state index in [1.54, 1.807) is 7.05 Å². The van der Waals surface area contributed by atoms with Gasteiger partial charge in [-0.3, -0.25) is 5.01 Å². The summed E-state index contributed by atoms with van der Waals surface area (Å²) in [4.78, 5) is 0. The van der Waals surface area contributed by atoms with Crippen molar-refractivity contribution in [3.05, 3.63) is 34.4 Å². The van der Waals surface area contributed by atoms with Crippen molar-refractivity contribution in [2.24, 2.45) is 16.0 Å². The van der Waals surface area contributed by atoms with Crippen molar-refractivity contribution in [3.8, 4) is 0 Å². The quantitative estimate of drug-likeness (QED) is 0.383. The van der Waals surface area contributed by atoms with Crippen molar-refractivity contribution in [2.75, 3.05) is 7.05 Å². The number of benzene rings is 1. The molecule has 0 aliphatic rings. The SMILES string of the molecule is C=N/N=C(/c1cc(CC)c(CC)c(CC)c1)N(C)N. The van der Waals surface area contributed by atoms with Crippen LogP contribution in [-0.4, -0.2) is 24.6 Å². The van der Waals surface area contributed by atoms with Gasteiger partial charge in [-0.25, -0.2) is 5.84 Å². The lowest BCUT2D eigenvalue weighted by Gasteiger charge is -2.18. The van der Waals surface area contributed by atoms with Gasteiger partial charge in [0.05, 0.1) is 0 Å². The van der Waals surface area contributed by atoms with Crippen molar-refractivity contribution in [2.45, 2.75) is 40.0 Å². The average Bonchev–Trinajstić information content (AvgIpc) is 2.42. The highest BCUT2D eigenvalue weighted by molar-refractivity contribution is 5.98. The fourth-order valence-electron chi connectivity index (χ4n) is 2.41. The van der Waals surface area contributed by atoms with Crippen molar-refractivity contribution >= 4 is 12.6 Å². The molecule has 0 aromatic heterocycles. The molecule has 1 aromatic carbocycles. The summed E-state index contributed by atoms with van der Waals surface area (Å²) < 4.78 is 0. The van der Waals surface area contributed by atoms with Crippen molar-refractivity contribution in [1.29, 1.82) is 0 Å². The number of aryl methyl sites for hydroxylation is 2. The molecule has 0 heterocycles. The largest absolute Gasteiger partial charge is 0.296 e. The van der Waals surface area contributed by atoms with Crippen LogP contribution in [0.1, 0.15) is 43.0 Å². The summed E-state index contributed by atoms with van der Waals surface area (Å²) in [5.74, 6) is 6.46. The number of nitrogens with zero attached hydrogens (tertiary/aromatic N) is 3. The second kappa shape index (κ2) is 7.04. The molecule has 19 heavy (non-hydrogen) atoms. The van der Waals surface area contributed by atoms with E-state index in [2.05, 4.69) is 49.8 Å². The Bertz CT molecular complexity index is 450. The molecular formula is C15H24N4. The second-order valence-corrected chi connectivity index (χ2v) is 4.51. The topological polar surface area (TPSA) is 54.0 Å². The van der Waals surface area contributed by atoms with E-state index in [9.17, 15) is 0 Å². The lowest BCUT2D eigenvalue weighted by atomic mass is 9.92. The highest BCUT2D eigenvalue weighted by atomic mass is 15.4. The van der Waals surface area contributed by atoms with Crippen LogP contribution in [0.25, 0.3) is 0 Å². The Hall–Kier alpha value is -1.68. The summed E-state index contributed by atoms with van der Waals surface area (Å²) in [6.45, 7) is 9.95. The minimum Gasteiger partial charge on any atom is -0.296 e. The summed E-state index contributed by atoms with van der Waals surface area (Å²) in [5.41, 5.74) is 5.16. The molecule has 0 fully saturated rings. The average molecular weight is 260 g/mol. The molecule has 0 aliphatic carbocycles. The molecule has 0 atom stereocenters. The normalized spacial score (nSPS) is 11.5. The molecular weight excluding hydrogens is 236 g/mol. The molecule has 0 spiro atoms. The van der Waals surface area contributed by atoms with Gasteiger partial charge in [-0.05, 0) is 48.1 Å². The van der Waals surface area contributed by atoms with Gasteiger partial charge in [-0.2, -0.15) is 5.10 Å². The Morgan fingerprint density at radius 3 is 2.00 bits per heavy atom. The Morgan fingerprint density at radius 1 is 1.16 bits per heavy atom. The van der Waals surface area contributed by atoms with Crippen LogP contribution >= 0.6 is 0 Å². The molecule has 4 nitrogen and oxygen atoms in total. The van der Waals surface area contributed by atoms with Crippen LogP contribution in [0, 0.1) is 0 Å². The summed E-state index contributed by atoms with van der Waals surface area (Å²) in [6.07, 6.45) is 3.07. The Kier molecular flexibility index (Phi) is 5.70. The number of hydrogen-bond acceptors (Lipinski definition) is 3. The van der Waals surface area contributed by atoms with Gasteiger partial charge in [0.1, 0.15) is 0 Å². The Labute approximate surface area is 116 Å². The molecule has 4 heteroatoms. The predicted molar refractivity (Wildman–Crippen MR) is 82.6 cm³/mol. The first-order valence-electron chi connectivity index (χ1n) is 6.76. The molecule has 104 valence electrons. The number of nitrogens with two attached hydrogens (primary N) is 1. The van der Waals surface area contributed by atoms with Gasteiger partial charge in [0.2, 0.25) is 0 Å². The van der Waals surface area contributed by atoms with Crippen LogP contribution < -0.4 is 5.84 Å². The minimum absolute atomic E-state index is 0.641. The summed E-state index contributed by atoms with van der Waals surface area (Å²) in [5, 5.41) is 9.12. The number of rotatable bonds is 5. The molecule has 0 amide bonds. The zero-order chi connectivity index (χ0) is 14.4. The Morgan fingerprint density at radius 2 is 1.68 bits per heavy atom. The van der Waals surface area contributed by atoms with Crippen molar-refractivity contribution in [1.82, 2.24) is 5.01 Å². The lowest BCUT2D eigenvalue weighted by Crippen LogP contribution is -2.34. The third-order valence-electron chi connectivity index (χ3n) is 3.31. The summed E-state index contributed by atoms with van der Waals surface area (Å²) in [7, 11) is 1.76. The first kappa shape index (κ1) is 15.4. The van der Waals surface area contributed by atoms with Crippen LogP contribution in [0.4, 0.5) is 0 Å². The van der Waals surface area contributed by atoms with Gasteiger partial charge in [0.15, 0.2) is 5.84 Å². The maximum Gasteiger partial charge on any atom is 0.172 e. The maximum absolute atomic E-state index is 5.82. The van der Waals surface area contributed by atoms with E-state index in [0.29, 0.717) is 5.84 Å². The first-order valence-corrected chi connectivity index (χ1v) is 6.76. The maximum atomic E-state index is 5.82. The van der Waals surface area contributed by atoms with E-state index in [1.807, 2.05) is 0 Å². The van der Waals surface area contributed by atoms with E-state index in [1.165, 1.54) is 21.7 Å². The van der Waals surface area contributed by atoms with Crippen LogP contribution in [0.5, 0.6) is 0 Å². The highest BCUT2D eigenvalue weighted by Gasteiger charge is 2.13. The van der Waals surface area contributed by atoms with E-state index in [4.69, 9.17) is 5.84 Å². The summed E-state index contributed by atoms with van der Waals surface area (Å²) >= 11 is 0. The van der Waals surface area contributed by atoms with Crippen LogP contribution in [-0.2, 0) is 19.3 Å². The minimum atomic E-state index is 0.641. The summed E-state index contributed by atoms with van der Waals surface area (Å²) in [6, 6.07) is 4.32. The van der Waals surface area contributed by atoms with Gasteiger partial charge in [-0.1, -0.05) is 20.8 Å². The van der Waals surface area contributed by atoms with Crippen molar-refractivity contribution < 1.29 is 0 Å². The number of hydrazine groups is 1. The monoisotopic (exact) mass is 260 g/mol. The molecule has 2 N–H and O–H groups in total. The van der Waals surface area contributed by atoms with Gasteiger partial charge in [-0.15, -0.1) is 5.10 Å². The Balaban J connectivity index is 3.44. The van der Waals surface area contributed by atoms with Gasteiger partial charge in [0.25, 0.3) is 0 Å². The van der Waals surface area contributed by atoms with Crippen LogP contribution in [0.3, 0.4) is 0 Å². The van der Waals surface area contributed by atoms with E-state index in [0.717, 1.165) is 24.8 Å². The molecule has 1 rings (SSSR count). The molecule has 1 aromatic rings. The standard InChI is InChI=1S/C15H24N4/c1-6-11-9-13(15(18-17-4)19(5)16)10-12(7-2)14(11)8-3/h9-10H,4,6-8,16H2,1-3,5H3/b18-15-. The number of amidine groups is 1. The smallest absolute Gasteiger partial charge is 0.172 e. The van der Waals surface area contributed by atoms with E-state index < -0.39 is 0 Å². The molecule has 0 unspecified atom stereocenters. The van der Waals surface area contributed by atoms with Gasteiger partial charge < -0.3 is 0 Å². The fourth-order valence-corrected chi connectivity index (χ4v) is 2.41. The molecule has 0 saturated heterocycles. The van der Waals surface area contributed by atoms with Crippen LogP contribution in [0.15, 0.2) is 22.3 Å². The molecule has 0 radical (unpaired) electrons. The van der Waals surface area contributed by atoms with Crippen LogP contribution in [0.2, 0.25) is 0 Å². The molecule has 0 saturated carbocycles. The number of hydrogen-bond donors (Lipinski definition) is 1. The van der Waals surface area contributed by atoms with Gasteiger partial charge in [0, 0.05) is 19.3 Å². The van der Waals surface area contributed by atoms with E-state index in [-0.39, 0.29) is 0 Å². The molecule has 0 aliphatic heterocycles. The second-order valence-electron chi connectivity index (χ2n) is 4.51. The lowest BCUT2D eigenvalue weighted by molar-refractivity contribution is 0.537. The van der Waals surface area contributed by atoms with Gasteiger partial charge >= 0.3 is 0 Å². The highest BCUT2D eigenvalue weighted by Crippen LogP contribution is 2.21. The fraction of sp³-hybridized carbons (Fsp3) is 0.467. The first-order chi connectivity index (χ1) is 9.08. The predicted octanol–water partition coefficient (Wildman–Crippen LogP) is 2.54. The zero-order valence-corrected chi connectivity index (χ0v) is 12.4.